The van der Waals surface area contributed by atoms with Crippen molar-refractivity contribution >= 4 is 0 Å². The number of piperazine rings is 1. The van der Waals surface area contributed by atoms with E-state index >= 15 is 0 Å². The molecule has 0 saturated carbocycles. The number of hydrogen-bond donors (Lipinski definition) is 2. The fraction of sp³-hybridized carbons (Fsp3) is 0.550. The number of nitrogens with one attached hydrogen (secondary N) is 1. The van der Waals surface area contributed by atoms with Crippen molar-refractivity contribution < 1.29 is 9.84 Å². The SMILES string of the molecule is COc1ccc(-c2[nH]ncc2CN2CC3CCCN3C[C@@H]2CCO)cc1. The Morgan fingerprint density at radius 1 is 1.27 bits per heavy atom. The Morgan fingerprint density at radius 3 is 2.88 bits per heavy atom. The molecule has 0 bridgehead atoms. The third-order valence-electron chi connectivity index (χ3n) is 5.84. The second-order valence-corrected chi connectivity index (χ2v) is 7.39. The molecule has 6 heteroatoms. The number of benzene rings is 1. The molecule has 2 aliphatic heterocycles. The van der Waals surface area contributed by atoms with Crippen molar-refractivity contribution in [1.82, 2.24) is 20.0 Å². The van der Waals surface area contributed by atoms with Crippen molar-refractivity contribution in [2.24, 2.45) is 0 Å². The molecule has 0 amide bonds. The molecular weight excluding hydrogens is 328 g/mol. The quantitative estimate of drug-likeness (QED) is 0.830. The van der Waals surface area contributed by atoms with Gasteiger partial charge in [-0.15, -0.1) is 0 Å². The molecule has 2 atom stereocenters. The summed E-state index contributed by atoms with van der Waals surface area (Å²) in [6.07, 6.45) is 5.36. The summed E-state index contributed by atoms with van der Waals surface area (Å²) in [5.41, 5.74) is 3.41. The van der Waals surface area contributed by atoms with Gasteiger partial charge in [-0.05, 0) is 50.1 Å². The van der Waals surface area contributed by atoms with Crippen molar-refractivity contribution in [3.8, 4) is 17.0 Å². The maximum absolute atomic E-state index is 9.51. The Morgan fingerprint density at radius 2 is 2.12 bits per heavy atom. The van der Waals surface area contributed by atoms with Gasteiger partial charge in [-0.25, -0.2) is 0 Å². The number of rotatable bonds is 6. The largest absolute Gasteiger partial charge is 0.497 e. The second-order valence-electron chi connectivity index (χ2n) is 7.39. The van der Waals surface area contributed by atoms with E-state index in [0.29, 0.717) is 12.1 Å². The van der Waals surface area contributed by atoms with Crippen LogP contribution in [0.2, 0.25) is 0 Å². The minimum absolute atomic E-state index is 0.246. The van der Waals surface area contributed by atoms with Gasteiger partial charge in [-0.2, -0.15) is 5.10 Å². The maximum atomic E-state index is 9.51. The van der Waals surface area contributed by atoms with Gasteiger partial charge in [-0.3, -0.25) is 14.9 Å². The van der Waals surface area contributed by atoms with Crippen LogP contribution in [0.1, 0.15) is 24.8 Å². The average Bonchev–Trinajstić information content (AvgIpc) is 3.31. The summed E-state index contributed by atoms with van der Waals surface area (Å²) in [6, 6.07) is 9.16. The van der Waals surface area contributed by atoms with E-state index in [-0.39, 0.29) is 6.61 Å². The number of aliphatic hydroxyl groups is 1. The monoisotopic (exact) mass is 356 g/mol. The molecule has 0 radical (unpaired) electrons. The van der Waals surface area contributed by atoms with Crippen LogP contribution in [-0.4, -0.2) is 70.5 Å². The molecule has 2 aliphatic rings. The van der Waals surface area contributed by atoms with E-state index in [1.807, 2.05) is 18.3 Å². The number of ether oxygens (including phenoxy) is 1. The van der Waals surface area contributed by atoms with Gasteiger partial charge in [0.1, 0.15) is 5.75 Å². The zero-order valence-corrected chi connectivity index (χ0v) is 15.4. The van der Waals surface area contributed by atoms with Crippen LogP contribution in [0.4, 0.5) is 0 Å². The first kappa shape index (κ1) is 17.5. The number of hydrogen-bond acceptors (Lipinski definition) is 5. The van der Waals surface area contributed by atoms with E-state index < -0.39 is 0 Å². The zero-order valence-electron chi connectivity index (χ0n) is 15.4. The molecule has 0 aliphatic carbocycles. The molecule has 1 unspecified atom stereocenters. The maximum Gasteiger partial charge on any atom is 0.118 e. The Balaban J connectivity index is 1.53. The van der Waals surface area contributed by atoms with E-state index in [2.05, 4.69) is 32.1 Å². The molecule has 2 aromatic rings. The normalized spacial score (nSPS) is 23.9. The van der Waals surface area contributed by atoms with Crippen molar-refractivity contribution in [3.05, 3.63) is 36.0 Å². The predicted molar refractivity (Wildman–Crippen MR) is 101 cm³/mol. The fourth-order valence-corrected chi connectivity index (χ4v) is 4.42. The van der Waals surface area contributed by atoms with Crippen LogP contribution >= 0.6 is 0 Å². The van der Waals surface area contributed by atoms with E-state index in [1.54, 1.807) is 7.11 Å². The molecule has 2 saturated heterocycles. The van der Waals surface area contributed by atoms with Crippen molar-refractivity contribution in [2.75, 3.05) is 33.4 Å². The Hall–Kier alpha value is -1.89. The molecule has 1 aromatic heterocycles. The number of aromatic nitrogens is 2. The van der Waals surface area contributed by atoms with Crippen molar-refractivity contribution in [2.45, 2.75) is 37.9 Å². The molecule has 6 nitrogen and oxygen atoms in total. The number of aromatic amines is 1. The van der Waals surface area contributed by atoms with Gasteiger partial charge >= 0.3 is 0 Å². The van der Waals surface area contributed by atoms with Gasteiger partial charge in [0.2, 0.25) is 0 Å². The topological polar surface area (TPSA) is 64.6 Å². The molecule has 4 rings (SSSR count). The number of fused-ring (bicyclic) bond motifs is 1. The molecular formula is C20H28N4O2. The third kappa shape index (κ3) is 3.49. The lowest BCUT2D eigenvalue weighted by Gasteiger charge is -2.43. The highest BCUT2D eigenvalue weighted by molar-refractivity contribution is 5.63. The van der Waals surface area contributed by atoms with Crippen LogP contribution in [0, 0.1) is 0 Å². The second kappa shape index (κ2) is 7.78. The summed E-state index contributed by atoms with van der Waals surface area (Å²) >= 11 is 0. The summed E-state index contributed by atoms with van der Waals surface area (Å²) in [5.74, 6) is 0.857. The number of H-pyrrole nitrogens is 1. The number of aliphatic hydroxyl groups excluding tert-OH is 1. The van der Waals surface area contributed by atoms with Gasteiger partial charge in [0.15, 0.2) is 0 Å². The van der Waals surface area contributed by atoms with E-state index in [1.165, 1.54) is 24.9 Å². The molecule has 26 heavy (non-hydrogen) atoms. The lowest BCUT2D eigenvalue weighted by molar-refractivity contribution is 0.0334. The lowest BCUT2D eigenvalue weighted by atomic mass is 10.0. The number of nitrogens with zero attached hydrogens (tertiary/aromatic N) is 3. The first-order valence-corrected chi connectivity index (χ1v) is 9.54. The lowest BCUT2D eigenvalue weighted by Crippen LogP contribution is -2.55. The van der Waals surface area contributed by atoms with Gasteiger partial charge < -0.3 is 9.84 Å². The van der Waals surface area contributed by atoms with Gasteiger partial charge in [0.05, 0.1) is 19.0 Å². The van der Waals surface area contributed by atoms with Gasteiger partial charge in [-0.1, -0.05) is 0 Å². The Labute approximate surface area is 154 Å². The molecule has 1 aromatic carbocycles. The minimum atomic E-state index is 0.246. The zero-order chi connectivity index (χ0) is 17.9. The predicted octanol–water partition coefficient (Wildman–Crippen LogP) is 2.12. The van der Waals surface area contributed by atoms with Crippen LogP contribution in [0.15, 0.2) is 30.5 Å². The average molecular weight is 356 g/mol. The van der Waals surface area contributed by atoms with Crippen LogP contribution in [0.5, 0.6) is 5.75 Å². The minimum Gasteiger partial charge on any atom is -0.497 e. The van der Waals surface area contributed by atoms with Crippen molar-refractivity contribution in [1.29, 1.82) is 0 Å². The van der Waals surface area contributed by atoms with Gasteiger partial charge in [0, 0.05) is 49.5 Å². The number of methoxy groups -OCH3 is 1. The highest BCUT2D eigenvalue weighted by atomic mass is 16.5. The van der Waals surface area contributed by atoms with E-state index in [0.717, 1.165) is 43.1 Å². The van der Waals surface area contributed by atoms with Crippen LogP contribution < -0.4 is 4.74 Å². The van der Waals surface area contributed by atoms with Crippen LogP contribution in [-0.2, 0) is 6.54 Å². The van der Waals surface area contributed by atoms with Crippen LogP contribution in [0.3, 0.4) is 0 Å². The Bertz CT molecular complexity index is 715. The molecule has 0 spiro atoms. The third-order valence-corrected chi connectivity index (χ3v) is 5.84. The van der Waals surface area contributed by atoms with E-state index in [4.69, 9.17) is 4.74 Å². The first-order chi connectivity index (χ1) is 12.8. The summed E-state index contributed by atoms with van der Waals surface area (Å²) in [5, 5.41) is 17.0. The summed E-state index contributed by atoms with van der Waals surface area (Å²) in [4.78, 5) is 5.15. The smallest absolute Gasteiger partial charge is 0.118 e. The highest BCUT2D eigenvalue weighted by Crippen LogP contribution is 2.29. The molecule has 3 heterocycles. The summed E-state index contributed by atoms with van der Waals surface area (Å²) < 4.78 is 5.26. The van der Waals surface area contributed by atoms with Crippen molar-refractivity contribution in [3.63, 3.8) is 0 Å². The van der Waals surface area contributed by atoms with Gasteiger partial charge in [0.25, 0.3) is 0 Å². The first-order valence-electron chi connectivity index (χ1n) is 9.54. The fourth-order valence-electron chi connectivity index (χ4n) is 4.42. The molecule has 2 fully saturated rings. The summed E-state index contributed by atoms with van der Waals surface area (Å²) in [6.45, 7) is 4.48. The summed E-state index contributed by atoms with van der Waals surface area (Å²) in [7, 11) is 1.68. The van der Waals surface area contributed by atoms with Crippen LogP contribution in [0.25, 0.3) is 11.3 Å². The highest BCUT2D eigenvalue weighted by Gasteiger charge is 2.36. The standard InChI is InChI=1S/C20H28N4O2/c1-26-19-6-4-15(5-7-19)20-16(11-21-22-20)12-24-14-17-3-2-9-23(17)13-18(24)8-10-25/h4-7,11,17-18,25H,2-3,8-10,12-14H2,1H3,(H,21,22)/t17?,18-/m0/s1. The van der Waals surface area contributed by atoms with E-state index in [9.17, 15) is 5.11 Å². The molecule has 2 N–H and O–H groups in total. The molecule has 140 valence electrons. The Kier molecular flexibility index (Phi) is 5.24.